The molecule has 1 saturated heterocycles. The highest BCUT2D eigenvalue weighted by Crippen LogP contribution is 2.27. The monoisotopic (exact) mass is 355 g/mol. The minimum absolute atomic E-state index is 0.0214. The first kappa shape index (κ1) is 17.0. The number of amides is 1. The largest absolute Gasteiger partial charge is 0.489 e. The predicted molar refractivity (Wildman–Crippen MR) is 95.9 cm³/mol. The molecule has 1 aliphatic carbocycles. The highest BCUT2D eigenvalue weighted by atomic mass is 16.5. The zero-order valence-electron chi connectivity index (χ0n) is 15.0. The Balaban J connectivity index is 1.31. The molecule has 2 fully saturated rings. The maximum absolute atomic E-state index is 12.7. The Hall–Kier alpha value is -2.44. The van der Waals surface area contributed by atoms with Crippen molar-refractivity contribution in [3.05, 3.63) is 36.4 Å². The van der Waals surface area contributed by atoms with Crippen molar-refractivity contribution in [1.82, 2.24) is 24.9 Å². The molecule has 7 heteroatoms. The topological polar surface area (TPSA) is 73.1 Å². The summed E-state index contributed by atoms with van der Waals surface area (Å²) >= 11 is 0. The molecule has 138 valence electrons. The first-order chi connectivity index (χ1) is 12.8. The zero-order valence-corrected chi connectivity index (χ0v) is 15.0. The lowest BCUT2D eigenvalue weighted by Gasteiger charge is -2.31. The van der Waals surface area contributed by atoms with Crippen LogP contribution in [0.15, 0.2) is 30.7 Å². The quantitative estimate of drug-likeness (QED) is 0.843. The molecule has 0 unspecified atom stereocenters. The molecule has 2 aromatic rings. The Labute approximate surface area is 153 Å². The summed E-state index contributed by atoms with van der Waals surface area (Å²) in [6, 6.07) is 4.17. The third-order valence-corrected chi connectivity index (χ3v) is 5.34. The molecule has 1 aliphatic heterocycles. The van der Waals surface area contributed by atoms with Crippen molar-refractivity contribution in [3.8, 4) is 5.75 Å². The van der Waals surface area contributed by atoms with Gasteiger partial charge in [0.25, 0.3) is 5.91 Å². The molecular formula is C19H25N5O2. The molecule has 1 amide bonds. The predicted octanol–water partition coefficient (Wildman–Crippen LogP) is 2.86. The normalized spacial score (nSPS) is 19.5. The van der Waals surface area contributed by atoms with Crippen LogP contribution in [-0.2, 0) is 0 Å². The molecule has 2 aromatic heterocycles. The fourth-order valence-corrected chi connectivity index (χ4v) is 3.85. The molecule has 0 bridgehead atoms. The average Bonchev–Trinajstić information content (AvgIpc) is 3.20. The summed E-state index contributed by atoms with van der Waals surface area (Å²) < 4.78 is 7.83. The first-order valence-electron chi connectivity index (χ1n) is 9.57. The van der Waals surface area contributed by atoms with E-state index in [0.29, 0.717) is 24.8 Å². The van der Waals surface area contributed by atoms with Crippen molar-refractivity contribution in [3.63, 3.8) is 0 Å². The van der Waals surface area contributed by atoms with Gasteiger partial charge in [0, 0.05) is 32.1 Å². The SMILES string of the molecule is O=C(c1cn(C2CCCCC2)nn1)N1CCC(Oc2cccnc2)CC1. The van der Waals surface area contributed by atoms with Gasteiger partial charge in [0.05, 0.1) is 18.4 Å². The number of pyridine rings is 1. The Bertz CT molecular complexity index is 719. The number of hydrogen-bond donors (Lipinski definition) is 0. The van der Waals surface area contributed by atoms with Gasteiger partial charge >= 0.3 is 0 Å². The average molecular weight is 355 g/mol. The van der Waals surface area contributed by atoms with Gasteiger partial charge in [0.15, 0.2) is 5.69 Å². The van der Waals surface area contributed by atoms with Crippen molar-refractivity contribution < 1.29 is 9.53 Å². The minimum Gasteiger partial charge on any atom is -0.489 e. The lowest BCUT2D eigenvalue weighted by Crippen LogP contribution is -2.42. The molecule has 0 radical (unpaired) electrons. The van der Waals surface area contributed by atoms with Gasteiger partial charge in [0.2, 0.25) is 0 Å². The summed E-state index contributed by atoms with van der Waals surface area (Å²) in [6.07, 6.45) is 13.1. The van der Waals surface area contributed by atoms with Gasteiger partial charge in [-0.3, -0.25) is 9.78 Å². The number of rotatable bonds is 4. The molecule has 0 aromatic carbocycles. The molecule has 1 saturated carbocycles. The second kappa shape index (κ2) is 7.85. The summed E-state index contributed by atoms with van der Waals surface area (Å²) in [5.41, 5.74) is 0.460. The summed E-state index contributed by atoms with van der Waals surface area (Å²) in [7, 11) is 0. The number of nitrogens with zero attached hydrogens (tertiary/aromatic N) is 5. The Morgan fingerprint density at radius 2 is 1.92 bits per heavy atom. The van der Waals surface area contributed by atoms with Crippen molar-refractivity contribution >= 4 is 5.91 Å². The van der Waals surface area contributed by atoms with Gasteiger partial charge in [-0.2, -0.15) is 0 Å². The third-order valence-electron chi connectivity index (χ3n) is 5.34. The fourth-order valence-electron chi connectivity index (χ4n) is 3.85. The molecule has 0 N–H and O–H groups in total. The van der Waals surface area contributed by atoms with Gasteiger partial charge in [-0.25, -0.2) is 4.68 Å². The van der Waals surface area contributed by atoms with Crippen LogP contribution in [0.3, 0.4) is 0 Å². The van der Waals surface area contributed by atoms with Crippen molar-refractivity contribution in [1.29, 1.82) is 0 Å². The molecule has 26 heavy (non-hydrogen) atoms. The van der Waals surface area contributed by atoms with Crippen molar-refractivity contribution in [2.45, 2.75) is 57.1 Å². The molecule has 0 spiro atoms. The van der Waals surface area contributed by atoms with E-state index in [0.717, 1.165) is 31.4 Å². The smallest absolute Gasteiger partial charge is 0.276 e. The van der Waals surface area contributed by atoms with E-state index < -0.39 is 0 Å². The Morgan fingerprint density at radius 1 is 1.12 bits per heavy atom. The number of carbonyl (C=O) groups excluding carboxylic acids is 1. The van der Waals surface area contributed by atoms with Crippen LogP contribution in [0.2, 0.25) is 0 Å². The summed E-state index contributed by atoms with van der Waals surface area (Å²) in [4.78, 5) is 18.6. The van der Waals surface area contributed by atoms with Crippen LogP contribution in [0.5, 0.6) is 5.75 Å². The van der Waals surface area contributed by atoms with E-state index in [9.17, 15) is 4.79 Å². The summed E-state index contributed by atoms with van der Waals surface area (Å²) in [5, 5.41) is 8.35. The van der Waals surface area contributed by atoms with Crippen LogP contribution in [0, 0.1) is 0 Å². The molecule has 7 nitrogen and oxygen atoms in total. The van der Waals surface area contributed by atoms with E-state index in [-0.39, 0.29) is 12.0 Å². The number of likely N-dealkylation sites (tertiary alicyclic amines) is 1. The van der Waals surface area contributed by atoms with Crippen molar-refractivity contribution in [2.24, 2.45) is 0 Å². The van der Waals surface area contributed by atoms with Crippen LogP contribution >= 0.6 is 0 Å². The van der Waals surface area contributed by atoms with Gasteiger partial charge in [-0.15, -0.1) is 5.10 Å². The highest BCUT2D eigenvalue weighted by molar-refractivity contribution is 5.92. The molecule has 0 atom stereocenters. The number of ether oxygens (including phenoxy) is 1. The van der Waals surface area contributed by atoms with Gasteiger partial charge in [0.1, 0.15) is 11.9 Å². The standard InChI is InChI=1S/C19H25N5O2/c25-19(18-14-24(22-21-18)15-5-2-1-3-6-15)23-11-8-16(9-12-23)26-17-7-4-10-20-13-17/h4,7,10,13-16H,1-3,5-6,8-9,11-12H2. The van der Waals surface area contributed by atoms with Crippen LogP contribution in [0.4, 0.5) is 0 Å². The number of aromatic nitrogens is 4. The van der Waals surface area contributed by atoms with E-state index in [1.807, 2.05) is 27.9 Å². The van der Waals surface area contributed by atoms with Gasteiger partial charge in [-0.05, 0) is 25.0 Å². The number of piperidine rings is 1. The first-order valence-corrected chi connectivity index (χ1v) is 9.57. The van der Waals surface area contributed by atoms with Crippen LogP contribution in [-0.4, -0.2) is 50.0 Å². The van der Waals surface area contributed by atoms with Crippen LogP contribution in [0.25, 0.3) is 0 Å². The van der Waals surface area contributed by atoms with Gasteiger partial charge in [-0.1, -0.05) is 24.5 Å². The van der Waals surface area contributed by atoms with Crippen LogP contribution in [0.1, 0.15) is 61.5 Å². The maximum atomic E-state index is 12.7. The second-order valence-electron chi connectivity index (χ2n) is 7.17. The van der Waals surface area contributed by atoms with E-state index in [4.69, 9.17) is 4.74 Å². The second-order valence-corrected chi connectivity index (χ2v) is 7.17. The Morgan fingerprint density at radius 3 is 2.65 bits per heavy atom. The number of hydrogen-bond acceptors (Lipinski definition) is 5. The summed E-state index contributed by atoms with van der Waals surface area (Å²) in [5.74, 6) is 0.764. The maximum Gasteiger partial charge on any atom is 0.276 e. The molecule has 3 heterocycles. The highest BCUT2D eigenvalue weighted by Gasteiger charge is 2.27. The van der Waals surface area contributed by atoms with E-state index >= 15 is 0 Å². The molecule has 2 aliphatic rings. The lowest BCUT2D eigenvalue weighted by molar-refractivity contribution is 0.0589. The van der Waals surface area contributed by atoms with Gasteiger partial charge < -0.3 is 9.64 Å². The minimum atomic E-state index is -0.0214. The fraction of sp³-hybridized carbons (Fsp3) is 0.579. The number of carbonyl (C=O) groups is 1. The lowest BCUT2D eigenvalue weighted by atomic mass is 9.96. The van der Waals surface area contributed by atoms with E-state index in [1.165, 1.54) is 19.3 Å². The third kappa shape index (κ3) is 3.86. The Kier molecular flexibility index (Phi) is 5.13. The molecular weight excluding hydrogens is 330 g/mol. The van der Waals surface area contributed by atoms with E-state index in [1.54, 1.807) is 12.4 Å². The summed E-state index contributed by atoms with van der Waals surface area (Å²) in [6.45, 7) is 1.36. The zero-order chi connectivity index (χ0) is 17.8. The molecule has 4 rings (SSSR count). The van der Waals surface area contributed by atoms with Crippen molar-refractivity contribution in [2.75, 3.05) is 13.1 Å². The van der Waals surface area contributed by atoms with E-state index in [2.05, 4.69) is 15.3 Å². The van der Waals surface area contributed by atoms with Crippen LogP contribution < -0.4 is 4.74 Å².